The number of anilines is 1. The number of nitrogens with one attached hydrogen (secondary N) is 2. The lowest BCUT2D eigenvalue weighted by molar-refractivity contribution is -0.137. The number of ether oxygens (including phenoxy) is 1. The van der Waals surface area contributed by atoms with Crippen molar-refractivity contribution >= 4 is 22.5 Å². The number of aromatic nitrogens is 1. The quantitative estimate of drug-likeness (QED) is 0.489. The first-order valence-corrected chi connectivity index (χ1v) is 9.97. The van der Waals surface area contributed by atoms with Crippen molar-refractivity contribution in [2.75, 3.05) is 12.0 Å². The van der Waals surface area contributed by atoms with E-state index in [-0.39, 0.29) is 12.2 Å². The van der Waals surface area contributed by atoms with E-state index < -0.39 is 36.1 Å². The second kappa shape index (κ2) is 7.96. The number of hydrogen-bond acceptors (Lipinski definition) is 3. The van der Waals surface area contributed by atoms with E-state index in [0.29, 0.717) is 11.3 Å². The van der Waals surface area contributed by atoms with Gasteiger partial charge in [-0.1, -0.05) is 18.2 Å². The van der Waals surface area contributed by atoms with Crippen LogP contribution in [-0.2, 0) is 6.18 Å². The molecule has 32 heavy (non-hydrogen) atoms. The molecule has 5 nitrogen and oxygen atoms in total. The van der Waals surface area contributed by atoms with Gasteiger partial charge in [-0.15, -0.1) is 0 Å². The Balaban J connectivity index is 1.61. The second-order valence-electron chi connectivity index (χ2n) is 8.14. The molecule has 2 aromatic carbocycles. The molecule has 1 aliphatic rings. The molecule has 2 N–H and O–H groups in total. The number of carbonyl (C=O) groups excluding carboxylic acids is 1. The van der Waals surface area contributed by atoms with Gasteiger partial charge in [-0.3, -0.25) is 4.98 Å². The molecule has 0 aliphatic carbocycles. The van der Waals surface area contributed by atoms with E-state index in [0.717, 1.165) is 28.6 Å². The van der Waals surface area contributed by atoms with Gasteiger partial charge >= 0.3 is 12.2 Å². The molecule has 2 atom stereocenters. The highest BCUT2D eigenvalue weighted by Crippen LogP contribution is 2.43. The summed E-state index contributed by atoms with van der Waals surface area (Å²) >= 11 is 0. The van der Waals surface area contributed by atoms with Gasteiger partial charge in [0.2, 0.25) is 0 Å². The van der Waals surface area contributed by atoms with Crippen molar-refractivity contribution in [3.8, 4) is 5.75 Å². The number of urea groups is 1. The summed E-state index contributed by atoms with van der Waals surface area (Å²) in [6.45, 7) is 2.38. The Morgan fingerprint density at radius 2 is 2.03 bits per heavy atom. The molecule has 0 radical (unpaired) electrons. The SMILES string of the molecule is Cc1cc2c(NC(=O)N[C@@H]3C[C@@](C)(CF)Oc4cc(C(F)(F)F)ccc43)cccc2cn1. The third kappa shape index (κ3) is 4.32. The predicted molar refractivity (Wildman–Crippen MR) is 112 cm³/mol. The number of halogens is 4. The lowest BCUT2D eigenvalue weighted by Crippen LogP contribution is -2.45. The first-order chi connectivity index (χ1) is 15.1. The highest BCUT2D eigenvalue weighted by atomic mass is 19.4. The van der Waals surface area contributed by atoms with Crippen LogP contribution in [0.5, 0.6) is 5.75 Å². The summed E-state index contributed by atoms with van der Waals surface area (Å²) in [5, 5.41) is 7.18. The molecule has 168 valence electrons. The van der Waals surface area contributed by atoms with E-state index in [1.54, 1.807) is 18.3 Å². The van der Waals surface area contributed by atoms with E-state index in [1.165, 1.54) is 13.0 Å². The zero-order valence-corrected chi connectivity index (χ0v) is 17.4. The number of amides is 2. The molecule has 0 saturated carbocycles. The summed E-state index contributed by atoms with van der Waals surface area (Å²) in [5.41, 5.74) is -0.570. The molecule has 2 amide bonds. The molecule has 1 aromatic heterocycles. The second-order valence-corrected chi connectivity index (χ2v) is 8.14. The van der Waals surface area contributed by atoms with Crippen LogP contribution < -0.4 is 15.4 Å². The molecular formula is C23H21F4N3O2. The smallest absolute Gasteiger partial charge is 0.416 e. The zero-order valence-electron chi connectivity index (χ0n) is 17.4. The highest BCUT2D eigenvalue weighted by Gasteiger charge is 2.40. The number of fused-ring (bicyclic) bond motifs is 2. The number of rotatable bonds is 3. The maximum atomic E-state index is 13.7. The van der Waals surface area contributed by atoms with Crippen molar-refractivity contribution < 1.29 is 27.1 Å². The van der Waals surface area contributed by atoms with Gasteiger partial charge in [0.25, 0.3) is 0 Å². The third-order valence-electron chi connectivity index (χ3n) is 5.45. The Morgan fingerprint density at radius 3 is 2.75 bits per heavy atom. The first kappa shape index (κ1) is 21.9. The molecule has 0 saturated heterocycles. The van der Waals surface area contributed by atoms with Gasteiger partial charge in [-0.25, -0.2) is 9.18 Å². The lowest BCUT2D eigenvalue weighted by Gasteiger charge is -2.38. The summed E-state index contributed by atoms with van der Waals surface area (Å²) in [6.07, 6.45) is -2.80. The number of aryl methyl sites for hydroxylation is 1. The number of alkyl halides is 4. The Morgan fingerprint density at radius 1 is 1.25 bits per heavy atom. The minimum atomic E-state index is -4.57. The van der Waals surface area contributed by atoms with E-state index >= 15 is 0 Å². The summed E-state index contributed by atoms with van der Waals surface area (Å²) < 4.78 is 58.6. The average molecular weight is 447 g/mol. The van der Waals surface area contributed by atoms with Crippen molar-refractivity contribution in [1.82, 2.24) is 10.3 Å². The largest absolute Gasteiger partial charge is 0.484 e. The zero-order chi connectivity index (χ0) is 23.1. The van der Waals surface area contributed by atoms with Crippen molar-refractivity contribution in [3.05, 3.63) is 65.5 Å². The van der Waals surface area contributed by atoms with Crippen LogP contribution >= 0.6 is 0 Å². The summed E-state index contributed by atoms with van der Waals surface area (Å²) in [4.78, 5) is 17.0. The van der Waals surface area contributed by atoms with Gasteiger partial charge in [-0.05, 0) is 38.1 Å². The maximum absolute atomic E-state index is 13.7. The van der Waals surface area contributed by atoms with Gasteiger partial charge in [0.05, 0.1) is 17.3 Å². The number of nitrogens with zero attached hydrogens (tertiary/aromatic N) is 1. The number of pyridine rings is 1. The Kier molecular flexibility index (Phi) is 5.44. The lowest BCUT2D eigenvalue weighted by atomic mass is 9.88. The summed E-state index contributed by atoms with van der Waals surface area (Å²) in [7, 11) is 0. The van der Waals surface area contributed by atoms with Gasteiger partial charge < -0.3 is 15.4 Å². The Labute approximate surface area is 181 Å². The maximum Gasteiger partial charge on any atom is 0.416 e. The summed E-state index contributed by atoms with van der Waals surface area (Å²) in [6, 6.07) is 8.94. The molecule has 0 fully saturated rings. The monoisotopic (exact) mass is 447 g/mol. The summed E-state index contributed by atoms with van der Waals surface area (Å²) in [5.74, 6) is -0.0941. The highest BCUT2D eigenvalue weighted by molar-refractivity contribution is 6.01. The fourth-order valence-corrected chi connectivity index (χ4v) is 3.85. The van der Waals surface area contributed by atoms with Crippen molar-refractivity contribution in [2.24, 2.45) is 0 Å². The van der Waals surface area contributed by atoms with Crippen molar-refractivity contribution in [2.45, 2.75) is 38.1 Å². The normalized spacial score (nSPS) is 20.4. The van der Waals surface area contributed by atoms with Crippen LogP contribution in [0.2, 0.25) is 0 Å². The molecule has 0 unspecified atom stereocenters. The van der Waals surface area contributed by atoms with Gasteiger partial charge in [0.1, 0.15) is 18.0 Å². The number of benzene rings is 2. The predicted octanol–water partition coefficient (Wildman–Crippen LogP) is 5.94. The minimum Gasteiger partial charge on any atom is -0.484 e. The standard InChI is InChI=1S/C23H21F4N3O2/c1-13-8-17-14(11-28-13)4-3-5-18(17)29-21(31)30-19-10-22(2,12-24)32-20-9-15(23(25,26)27)6-7-16(19)20/h3-9,11,19H,10,12H2,1-2H3,(H2,29,30,31)/t19-,22+/m1/s1. The minimum absolute atomic E-state index is 0.0633. The van der Waals surface area contributed by atoms with Crippen LogP contribution in [0.4, 0.5) is 28.0 Å². The fraction of sp³-hybridized carbons (Fsp3) is 0.304. The number of hydrogen-bond donors (Lipinski definition) is 2. The molecule has 0 spiro atoms. The van der Waals surface area contributed by atoms with Crippen molar-refractivity contribution in [3.63, 3.8) is 0 Å². The van der Waals surface area contributed by atoms with Crippen LogP contribution in [0.25, 0.3) is 10.8 Å². The third-order valence-corrected chi connectivity index (χ3v) is 5.45. The molecule has 1 aliphatic heterocycles. The molecular weight excluding hydrogens is 426 g/mol. The van der Waals surface area contributed by atoms with E-state index in [2.05, 4.69) is 15.6 Å². The van der Waals surface area contributed by atoms with E-state index in [1.807, 2.05) is 19.1 Å². The molecule has 2 heterocycles. The van der Waals surface area contributed by atoms with E-state index in [9.17, 15) is 22.4 Å². The molecule has 9 heteroatoms. The van der Waals surface area contributed by atoms with Crippen LogP contribution in [0.1, 0.15) is 36.2 Å². The van der Waals surface area contributed by atoms with Crippen LogP contribution in [-0.4, -0.2) is 23.3 Å². The van der Waals surface area contributed by atoms with Gasteiger partial charge in [-0.2, -0.15) is 13.2 Å². The van der Waals surface area contributed by atoms with E-state index in [4.69, 9.17) is 4.74 Å². The molecule has 3 aromatic rings. The van der Waals surface area contributed by atoms with Crippen LogP contribution in [0, 0.1) is 6.92 Å². The fourth-order valence-electron chi connectivity index (χ4n) is 3.85. The average Bonchev–Trinajstić information content (AvgIpc) is 2.73. The first-order valence-electron chi connectivity index (χ1n) is 9.97. The number of carbonyl (C=O) groups is 1. The van der Waals surface area contributed by atoms with Gasteiger partial charge in [0, 0.05) is 34.6 Å². The topological polar surface area (TPSA) is 63.2 Å². The van der Waals surface area contributed by atoms with Gasteiger partial charge in [0.15, 0.2) is 0 Å². The molecule has 4 rings (SSSR count). The Hall–Kier alpha value is -3.36. The van der Waals surface area contributed by atoms with Crippen LogP contribution in [0.15, 0.2) is 48.7 Å². The van der Waals surface area contributed by atoms with Crippen LogP contribution in [0.3, 0.4) is 0 Å². The molecule has 0 bridgehead atoms. The van der Waals surface area contributed by atoms with Crippen molar-refractivity contribution in [1.29, 1.82) is 0 Å². The Bertz CT molecular complexity index is 1180.